The van der Waals surface area contributed by atoms with Crippen LogP contribution in [-0.4, -0.2) is 13.3 Å². The highest BCUT2D eigenvalue weighted by Gasteiger charge is 2.19. The highest BCUT2D eigenvalue weighted by atomic mass is 35.5. The fourth-order valence-electron chi connectivity index (χ4n) is 1.48. The number of nitro groups is 1. The van der Waals surface area contributed by atoms with Gasteiger partial charge in [0, 0.05) is 10.9 Å². The Morgan fingerprint density at radius 1 is 1.30 bits per heavy atom. The maximum Gasteiger partial charge on any atom is 0.289 e. The van der Waals surface area contributed by atoms with Crippen molar-refractivity contribution in [2.45, 2.75) is 11.1 Å². The van der Waals surface area contributed by atoms with Gasteiger partial charge >= 0.3 is 0 Å². The van der Waals surface area contributed by atoms with Crippen molar-refractivity contribution in [1.82, 2.24) is 0 Å². The van der Waals surface area contributed by atoms with Crippen LogP contribution in [0.5, 0.6) is 0 Å². The zero-order valence-electron chi connectivity index (χ0n) is 10.2. The first kappa shape index (κ1) is 14.8. The van der Waals surface area contributed by atoms with Gasteiger partial charge in [-0.05, 0) is 31.2 Å². The first-order valence-electron chi connectivity index (χ1n) is 5.33. The number of nitro benzene ring substituents is 1. The van der Waals surface area contributed by atoms with E-state index in [2.05, 4.69) is 4.72 Å². The number of benzene rings is 1. The summed E-state index contributed by atoms with van der Waals surface area (Å²) in [7, 11) is -3.74. The normalized spacial score (nSPS) is 11.3. The van der Waals surface area contributed by atoms with Gasteiger partial charge in [0.05, 0.1) is 10.6 Å². The summed E-state index contributed by atoms with van der Waals surface area (Å²) < 4.78 is 26.6. The van der Waals surface area contributed by atoms with Crippen LogP contribution in [0.3, 0.4) is 0 Å². The van der Waals surface area contributed by atoms with Crippen molar-refractivity contribution in [2.24, 2.45) is 0 Å². The average Bonchev–Trinajstić information content (AvgIpc) is 2.78. The predicted molar refractivity (Wildman–Crippen MR) is 78.0 cm³/mol. The van der Waals surface area contributed by atoms with Crippen LogP contribution in [0.15, 0.2) is 34.5 Å². The first-order chi connectivity index (χ1) is 9.29. The van der Waals surface area contributed by atoms with Crippen LogP contribution in [0.25, 0.3) is 0 Å². The largest absolute Gasteiger partial charge is 0.289 e. The molecule has 0 atom stereocenters. The summed E-state index contributed by atoms with van der Waals surface area (Å²) in [5.41, 5.74) is -0.263. The van der Waals surface area contributed by atoms with Gasteiger partial charge in [-0.1, -0.05) is 11.6 Å². The molecule has 0 saturated carbocycles. The zero-order valence-corrected chi connectivity index (χ0v) is 12.6. The lowest BCUT2D eigenvalue weighted by Gasteiger charge is -2.06. The van der Waals surface area contributed by atoms with Crippen LogP contribution in [0.1, 0.15) is 4.88 Å². The van der Waals surface area contributed by atoms with E-state index in [0.29, 0.717) is 0 Å². The van der Waals surface area contributed by atoms with Crippen LogP contribution >= 0.6 is 22.9 Å². The Kier molecular flexibility index (Phi) is 3.98. The number of halogens is 1. The van der Waals surface area contributed by atoms with Crippen LogP contribution in [0.2, 0.25) is 5.02 Å². The molecule has 0 radical (unpaired) electrons. The molecule has 0 bridgehead atoms. The van der Waals surface area contributed by atoms with Gasteiger partial charge in [-0.15, -0.1) is 11.3 Å². The minimum atomic E-state index is -3.74. The molecular formula is C11H9ClN2O4S2. The molecule has 1 N–H and O–H groups in total. The summed E-state index contributed by atoms with van der Waals surface area (Å²) in [4.78, 5) is 10.9. The summed E-state index contributed by atoms with van der Waals surface area (Å²) >= 11 is 6.78. The second kappa shape index (κ2) is 5.39. The highest BCUT2D eigenvalue weighted by molar-refractivity contribution is 7.94. The number of hydrogen-bond acceptors (Lipinski definition) is 5. The molecule has 9 heteroatoms. The van der Waals surface area contributed by atoms with Crippen molar-refractivity contribution in [1.29, 1.82) is 0 Å². The number of nitrogens with zero attached hydrogens (tertiary/aromatic N) is 1. The quantitative estimate of drug-likeness (QED) is 0.686. The molecule has 1 heterocycles. The molecule has 0 aliphatic rings. The van der Waals surface area contributed by atoms with Crippen molar-refractivity contribution >= 4 is 44.3 Å². The standard InChI is InChI=1S/C11H9ClN2O4S2/c1-7-2-5-11(19-7)20(17,18)13-8-3-4-9(12)10(6-8)14(15)16/h2-6,13H,1H3. The van der Waals surface area contributed by atoms with Crippen molar-refractivity contribution in [3.63, 3.8) is 0 Å². The van der Waals surface area contributed by atoms with Gasteiger partial charge in [0.15, 0.2) is 0 Å². The second-order valence-corrected chi connectivity index (χ2v) is 7.50. The van der Waals surface area contributed by atoms with E-state index in [1.807, 2.05) is 0 Å². The topological polar surface area (TPSA) is 89.3 Å². The summed E-state index contributed by atoms with van der Waals surface area (Å²) in [5, 5.41) is 10.7. The maximum atomic E-state index is 12.1. The van der Waals surface area contributed by atoms with Gasteiger partial charge in [-0.25, -0.2) is 8.42 Å². The molecule has 2 aromatic rings. The molecule has 1 aromatic carbocycles. The molecule has 0 fully saturated rings. The van der Waals surface area contributed by atoms with E-state index in [4.69, 9.17) is 11.6 Å². The van der Waals surface area contributed by atoms with Crippen molar-refractivity contribution in [2.75, 3.05) is 4.72 Å². The molecule has 106 valence electrons. The lowest BCUT2D eigenvalue weighted by molar-refractivity contribution is -0.384. The number of aryl methyl sites for hydroxylation is 1. The third-order valence-electron chi connectivity index (χ3n) is 2.38. The number of thiophene rings is 1. The van der Waals surface area contributed by atoms with E-state index >= 15 is 0 Å². The molecule has 0 aliphatic heterocycles. The Labute approximate surface area is 124 Å². The van der Waals surface area contributed by atoms with E-state index in [9.17, 15) is 18.5 Å². The average molecular weight is 333 g/mol. The van der Waals surface area contributed by atoms with Gasteiger partial charge in [0.2, 0.25) is 0 Å². The van der Waals surface area contributed by atoms with Gasteiger partial charge in [0.1, 0.15) is 9.23 Å². The van der Waals surface area contributed by atoms with E-state index in [0.717, 1.165) is 22.3 Å². The van der Waals surface area contributed by atoms with Gasteiger partial charge in [0.25, 0.3) is 15.7 Å². The van der Waals surface area contributed by atoms with Crippen molar-refractivity contribution in [3.05, 3.63) is 50.3 Å². The molecule has 0 spiro atoms. The van der Waals surface area contributed by atoms with Gasteiger partial charge in [-0.2, -0.15) is 0 Å². The SMILES string of the molecule is Cc1ccc(S(=O)(=O)Nc2ccc(Cl)c([N+](=O)[O-])c2)s1. The zero-order chi connectivity index (χ0) is 14.9. The van der Waals surface area contributed by atoms with Gasteiger partial charge in [-0.3, -0.25) is 14.8 Å². The minimum absolute atomic E-state index is 0.0510. The van der Waals surface area contributed by atoms with Crippen molar-refractivity contribution < 1.29 is 13.3 Å². The summed E-state index contributed by atoms with van der Waals surface area (Å²) in [6, 6.07) is 6.89. The maximum absolute atomic E-state index is 12.1. The smallest absolute Gasteiger partial charge is 0.279 e. The Hall–Kier alpha value is -1.64. The second-order valence-electron chi connectivity index (χ2n) is 3.89. The third kappa shape index (κ3) is 3.09. The fourth-order valence-corrected chi connectivity index (χ4v) is 4.00. The van der Waals surface area contributed by atoms with E-state index in [1.54, 1.807) is 13.0 Å². The number of rotatable bonds is 4. The van der Waals surface area contributed by atoms with Crippen LogP contribution in [0.4, 0.5) is 11.4 Å². The van der Waals surface area contributed by atoms with E-state index in [1.165, 1.54) is 18.2 Å². The van der Waals surface area contributed by atoms with Crippen LogP contribution < -0.4 is 4.72 Å². The molecule has 6 nitrogen and oxygen atoms in total. The summed E-state index contributed by atoms with van der Waals surface area (Å²) in [6.07, 6.45) is 0. The molecular weight excluding hydrogens is 324 g/mol. The Morgan fingerprint density at radius 3 is 2.55 bits per heavy atom. The molecule has 2 rings (SSSR count). The minimum Gasteiger partial charge on any atom is -0.279 e. The highest BCUT2D eigenvalue weighted by Crippen LogP contribution is 2.29. The van der Waals surface area contributed by atoms with Gasteiger partial charge < -0.3 is 0 Å². The Bertz CT molecular complexity index is 770. The molecule has 0 amide bonds. The number of anilines is 1. The first-order valence-corrected chi connectivity index (χ1v) is 8.00. The van der Waals surface area contributed by atoms with E-state index < -0.39 is 14.9 Å². The van der Waals surface area contributed by atoms with E-state index in [-0.39, 0.29) is 20.6 Å². The summed E-state index contributed by atoms with van der Waals surface area (Å²) in [6.45, 7) is 1.79. The molecule has 20 heavy (non-hydrogen) atoms. The van der Waals surface area contributed by atoms with Crippen molar-refractivity contribution in [3.8, 4) is 0 Å². The fraction of sp³-hybridized carbons (Fsp3) is 0.0909. The predicted octanol–water partition coefficient (Wildman–Crippen LogP) is 3.42. The summed E-state index contributed by atoms with van der Waals surface area (Å²) in [5.74, 6) is 0. The molecule has 0 aliphatic carbocycles. The monoisotopic (exact) mass is 332 g/mol. The lowest BCUT2D eigenvalue weighted by Crippen LogP contribution is -2.11. The molecule has 0 unspecified atom stereocenters. The molecule has 1 aromatic heterocycles. The Balaban J connectivity index is 2.35. The molecule has 0 saturated heterocycles. The number of sulfonamides is 1. The van der Waals surface area contributed by atoms with Crippen LogP contribution in [0, 0.1) is 17.0 Å². The number of hydrogen-bond donors (Lipinski definition) is 1. The third-order valence-corrected chi connectivity index (χ3v) is 5.57. The number of nitrogens with one attached hydrogen (secondary N) is 1. The Morgan fingerprint density at radius 2 is 2.00 bits per heavy atom. The van der Waals surface area contributed by atoms with Crippen LogP contribution in [-0.2, 0) is 10.0 Å². The lowest BCUT2D eigenvalue weighted by atomic mass is 10.3.